The molecule has 1 aliphatic rings. The van der Waals surface area contributed by atoms with Crippen molar-refractivity contribution in [2.45, 2.75) is 31.6 Å². The predicted octanol–water partition coefficient (Wildman–Crippen LogP) is 2.52. The fraction of sp³-hybridized carbons (Fsp3) is 0.571. The van der Waals surface area contributed by atoms with Crippen LogP contribution in [-0.4, -0.2) is 30.1 Å². The third-order valence-electron chi connectivity index (χ3n) is 3.58. The average Bonchev–Trinajstić information content (AvgIpc) is 2.34. The number of thioether (sulfide) groups is 1. The molecule has 2 nitrogen and oxygen atoms in total. The van der Waals surface area contributed by atoms with E-state index in [4.69, 9.17) is 5.73 Å². The van der Waals surface area contributed by atoms with E-state index in [0.29, 0.717) is 11.3 Å². The predicted molar refractivity (Wildman–Crippen MR) is 77.9 cm³/mol. The summed E-state index contributed by atoms with van der Waals surface area (Å²) in [5, 5.41) is 0.715. The van der Waals surface area contributed by atoms with Gasteiger partial charge in [0.25, 0.3) is 0 Å². The SMILES string of the molecule is CC1SCCN(c2ccc(CCN)cc2)C1C. The quantitative estimate of drug-likeness (QED) is 0.894. The number of rotatable bonds is 3. The molecule has 2 unspecified atom stereocenters. The Morgan fingerprint density at radius 3 is 2.65 bits per heavy atom. The molecule has 1 aromatic carbocycles. The fourth-order valence-electron chi connectivity index (χ4n) is 2.32. The van der Waals surface area contributed by atoms with Gasteiger partial charge in [0, 0.05) is 29.3 Å². The van der Waals surface area contributed by atoms with Crippen LogP contribution in [0.25, 0.3) is 0 Å². The molecule has 3 heteroatoms. The van der Waals surface area contributed by atoms with Gasteiger partial charge in [-0.2, -0.15) is 11.8 Å². The number of hydrogen-bond donors (Lipinski definition) is 1. The summed E-state index contributed by atoms with van der Waals surface area (Å²) in [6.45, 7) is 6.54. The van der Waals surface area contributed by atoms with Crippen LogP contribution in [-0.2, 0) is 6.42 Å². The second-order valence-corrected chi connectivity index (χ2v) is 6.20. The van der Waals surface area contributed by atoms with E-state index in [1.807, 2.05) is 0 Å². The standard InChI is InChI=1S/C14H22N2S/c1-11-12(2)17-10-9-16(11)14-5-3-13(4-6-14)7-8-15/h3-6,11-12H,7-10,15H2,1-2H3. The van der Waals surface area contributed by atoms with E-state index in [0.717, 1.165) is 19.5 Å². The third kappa shape index (κ3) is 2.96. The van der Waals surface area contributed by atoms with Crippen molar-refractivity contribution >= 4 is 17.4 Å². The highest BCUT2D eigenvalue weighted by Crippen LogP contribution is 2.29. The number of hydrogen-bond acceptors (Lipinski definition) is 3. The zero-order valence-corrected chi connectivity index (χ0v) is 11.5. The molecule has 0 aliphatic carbocycles. The lowest BCUT2D eigenvalue weighted by Gasteiger charge is -2.39. The third-order valence-corrected chi connectivity index (χ3v) is 4.92. The molecule has 2 atom stereocenters. The molecule has 2 N–H and O–H groups in total. The van der Waals surface area contributed by atoms with Crippen LogP contribution in [0.4, 0.5) is 5.69 Å². The zero-order valence-electron chi connectivity index (χ0n) is 10.7. The molecule has 0 radical (unpaired) electrons. The molecule has 94 valence electrons. The van der Waals surface area contributed by atoms with Crippen molar-refractivity contribution in [3.63, 3.8) is 0 Å². The van der Waals surface area contributed by atoms with E-state index < -0.39 is 0 Å². The molecule has 0 aromatic heterocycles. The maximum absolute atomic E-state index is 5.57. The maximum Gasteiger partial charge on any atom is 0.0378 e. The van der Waals surface area contributed by atoms with Crippen LogP contribution in [0.1, 0.15) is 19.4 Å². The van der Waals surface area contributed by atoms with Crippen LogP contribution in [0.15, 0.2) is 24.3 Å². The number of benzene rings is 1. The van der Waals surface area contributed by atoms with Gasteiger partial charge in [0.05, 0.1) is 0 Å². The minimum absolute atomic E-state index is 0.620. The Labute approximate surface area is 109 Å². The van der Waals surface area contributed by atoms with Crippen LogP contribution in [0.2, 0.25) is 0 Å². The normalized spacial score (nSPS) is 25.0. The molecular formula is C14H22N2S. The lowest BCUT2D eigenvalue weighted by Crippen LogP contribution is -2.44. The Morgan fingerprint density at radius 1 is 1.29 bits per heavy atom. The van der Waals surface area contributed by atoms with Gasteiger partial charge in [0.15, 0.2) is 0 Å². The van der Waals surface area contributed by atoms with Gasteiger partial charge in [-0.15, -0.1) is 0 Å². The lowest BCUT2D eigenvalue weighted by molar-refractivity contribution is 0.627. The molecule has 0 bridgehead atoms. The Morgan fingerprint density at radius 2 is 2.00 bits per heavy atom. The number of nitrogens with two attached hydrogens (primary N) is 1. The smallest absolute Gasteiger partial charge is 0.0378 e. The molecule has 1 aliphatic heterocycles. The molecular weight excluding hydrogens is 228 g/mol. The van der Waals surface area contributed by atoms with Gasteiger partial charge in [0.1, 0.15) is 0 Å². The van der Waals surface area contributed by atoms with E-state index in [2.05, 4.69) is 54.8 Å². The molecule has 1 fully saturated rings. The van der Waals surface area contributed by atoms with Crippen LogP contribution in [0, 0.1) is 0 Å². The molecule has 2 rings (SSSR count). The van der Waals surface area contributed by atoms with Gasteiger partial charge in [-0.1, -0.05) is 19.1 Å². The Hall–Kier alpha value is -0.670. The van der Waals surface area contributed by atoms with Gasteiger partial charge in [-0.3, -0.25) is 0 Å². The van der Waals surface area contributed by atoms with Crippen LogP contribution < -0.4 is 10.6 Å². The van der Waals surface area contributed by atoms with Gasteiger partial charge < -0.3 is 10.6 Å². The average molecular weight is 250 g/mol. The number of nitrogens with zero attached hydrogens (tertiary/aromatic N) is 1. The summed E-state index contributed by atoms with van der Waals surface area (Å²) in [4.78, 5) is 2.52. The minimum atomic E-state index is 0.620. The first kappa shape index (κ1) is 12.8. The van der Waals surface area contributed by atoms with Gasteiger partial charge >= 0.3 is 0 Å². The van der Waals surface area contributed by atoms with Crippen molar-refractivity contribution in [3.8, 4) is 0 Å². The molecule has 1 heterocycles. The van der Waals surface area contributed by atoms with E-state index in [-0.39, 0.29) is 0 Å². The van der Waals surface area contributed by atoms with Gasteiger partial charge in [0.2, 0.25) is 0 Å². The summed E-state index contributed by atoms with van der Waals surface area (Å²) in [5.74, 6) is 1.23. The first-order valence-corrected chi connectivity index (χ1v) is 7.44. The molecule has 0 saturated carbocycles. The van der Waals surface area contributed by atoms with E-state index in [9.17, 15) is 0 Å². The Kier molecular flexibility index (Phi) is 4.35. The highest BCUT2D eigenvalue weighted by Gasteiger charge is 2.25. The second-order valence-electron chi connectivity index (χ2n) is 4.72. The fourth-order valence-corrected chi connectivity index (χ4v) is 3.42. The first-order valence-electron chi connectivity index (χ1n) is 6.39. The van der Waals surface area contributed by atoms with Crippen LogP contribution in [0.3, 0.4) is 0 Å². The summed E-state index contributed by atoms with van der Waals surface area (Å²) in [6, 6.07) is 9.52. The molecule has 1 aromatic rings. The van der Waals surface area contributed by atoms with Gasteiger partial charge in [-0.05, 0) is 37.6 Å². The summed E-state index contributed by atoms with van der Waals surface area (Å²) < 4.78 is 0. The van der Waals surface area contributed by atoms with Crippen molar-refractivity contribution in [2.75, 3.05) is 23.7 Å². The zero-order chi connectivity index (χ0) is 12.3. The molecule has 1 saturated heterocycles. The maximum atomic E-state index is 5.57. The summed E-state index contributed by atoms with van der Waals surface area (Å²) >= 11 is 2.08. The van der Waals surface area contributed by atoms with Crippen molar-refractivity contribution in [3.05, 3.63) is 29.8 Å². The van der Waals surface area contributed by atoms with Crippen LogP contribution >= 0.6 is 11.8 Å². The summed E-state index contributed by atoms with van der Waals surface area (Å²) in [7, 11) is 0. The molecule has 0 spiro atoms. The van der Waals surface area contributed by atoms with Crippen molar-refractivity contribution < 1.29 is 0 Å². The monoisotopic (exact) mass is 250 g/mol. The first-order chi connectivity index (χ1) is 8.22. The van der Waals surface area contributed by atoms with Crippen LogP contribution in [0.5, 0.6) is 0 Å². The molecule has 17 heavy (non-hydrogen) atoms. The summed E-state index contributed by atoms with van der Waals surface area (Å²) in [5.41, 5.74) is 8.26. The molecule has 0 amide bonds. The van der Waals surface area contributed by atoms with E-state index >= 15 is 0 Å². The largest absolute Gasteiger partial charge is 0.367 e. The van der Waals surface area contributed by atoms with Crippen molar-refractivity contribution in [1.29, 1.82) is 0 Å². The minimum Gasteiger partial charge on any atom is -0.367 e. The topological polar surface area (TPSA) is 29.3 Å². The Balaban J connectivity index is 2.10. The van der Waals surface area contributed by atoms with Crippen molar-refractivity contribution in [2.24, 2.45) is 5.73 Å². The van der Waals surface area contributed by atoms with Gasteiger partial charge in [-0.25, -0.2) is 0 Å². The lowest BCUT2D eigenvalue weighted by atomic mass is 10.1. The highest BCUT2D eigenvalue weighted by molar-refractivity contribution is 8.00. The van der Waals surface area contributed by atoms with E-state index in [1.54, 1.807) is 0 Å². The second kappa shape index (κ2) is 5.78. The number of anilines is 1. The van der Waals surface area contributed by atoms with E-state index in [1.165, 1.54) is 17.0 Å². The van der Waals surface area contributed by atoms with Crippen molar-refractivity contribution in [1.82, 2.24) is 0 Å². The highest BCUT2D eigenvalue weighted by atomic mass is 32.2. The Bertz CT molecular complexity index is 350. The summed E-state index contributed by atoms with van der Waals surface area (Å²) in [6.07, 6.45) is 0.974.